The van der Waals surface area contributed by atoms with Gasteiger partial charge in [0.05, 0.1) is 18.4 Å². The molecule has 4 rings (SSSR count). The van der Waals surface area contributed by atoms with Crippen molar-refractivity contribution in [2.75, 3.05) is 12.1 Å². The van der Waals surface area contributed by atoms with E-state index in [2.05, 4.69) is 15.6 Å². The Morgan fingerprint density at radius 2 is 2.11 bits per heavy atom. The molecule has 0 saturated carbocycles. The molecule has 1 atom stereocenters. The lowest BCUT2D eigenvalue weighted by atomic mass is 10.1. The fraction of sp³-hybridized carbons (Fsp3) is 0.263. The van der Waals surface area contributed by atoms with Crippen LogP contribution in [0.15, 0.2) is 42.7 Å². The van der Waals surface area contributed by atoms with E-state index < -0.39 is 12.1 Å². The molecule has 1 aromatic carbocycles. The van der Waals surface area contributed by atoms with Crippen LogP contribution in [0.25, 0.3) is 0 Å². The number of anilines is 1. The summed E-state index contributed by atoms with van der Waals surface area (Å²) in [5.74, 6) is 0.632. The quantitative estimate of drug-likeness (QED) is 0.735. The van der Waals surface area contributed by atoms with E-state index in [1.54, 1.807) is 36.5 Å². The Balaban J connectivity index is 1.33. The van der Waals surface area contributed by atoms with Crippen LogP contribution in [0.5, 0.6) is 11.5 Å². The maximum atomic E-state index is 12.6. The second-order valence-electron chi connectivity index (χ2n) is 6.44. The highest BCUT2D eigenvalue weighted by molar-refractivity contribution is 6.04. The molecule has 2 aromatic rings. The molecule has 0 bridgehead atoms. The lowest BCUT2D eigenvalue weighted by Gasteiger charge is -2.13. The van der Waals surface area contributed by atoms with Crippen molar-refractivity contribution < 1.29 is 23.9 Å². The summed E-state index contributed by atoms with van der Waals surface area (Å²) in [6.45, 7) is 0.283. The molecule has 0 spiro atoms. The summed E-state index contributed by atoms with van der Waals surface area (Å²) >= 11 is 0. The van der Waals surface area contributed by atoms with Crippen LogP contribution >= 0.6 is 0 Å². The smallest absolute Gasteiger partial charge is 0.325 e. The lowest BCUT2D eigenvalue weighted by molar-refractivity contribution is -0.128. The van der Waals surface area contributed by atoms with Crippen LogP contribution < -0.4 is 20.1 Å². The number of hydrogen-bond acceptors (Lipinski definition) is 6. The van der Waals surface area contributed by atoms with Gasteiger partial charge in [-0.25, -0.2) is 4.79 Å². The summed E-state index contributed by atoms with van der Waals surface area (Å²) in [5.41, 5.74) is 1.33. The average Bonchev–Trinajstić information content (AvgIpc) is 3.26. The number of benzene rings is 1. The van der Waals surface area contributed by atoms with E-state index in [0.29, 0.717) is 17.2 Å². The van der Waals surface area contributed by atoms with Gasteiger partial charge in [0.15, 0.2) is 11.5 Å². The fourth-order valence-electron chi connectivity index (χ4n) is 3.08. The number of amides is 4. The molecule has 28 heavy (non-hydrogen) atoms. The predicted octanol–water partition coefficient (Wildman–Crippen LogP) is 1.65. The summed E-state index contributed by atoms with van der Waals surface area (Å²) in [6, 6.07) is 7.52. The minimum absolute atomic E-state index is 0.101. The number of rotatable bonds is 6. The molecule has 144 valence electrons. The van der Waals surface area contributed by atoms with Crippen molar-refractivity contribution in [3.63, 3.8) is 0 Å². The number of aromatic nitrogens is 1. The number of pyridine rings is 1. The van der Waals surface area contributed by atoms with E-state index >= 15 is 0 Å². The SMILES string of the molecule is O=C(CC[C@@H]1NC(=O)N(Cc2ccc3c(c2)OCO3)C1=O)Nc1cccnc1. The first-order valence-corrected chi connectivity index (χ1v) is 8.80. The van der Waals surface area contributed by atoms with Gasteiger partial charge in [0, 0.05) is 12.6 Å². The van der Waals surface area contributed by atoms with Crippen LogP contribution in [0, 0.1) is 0 Å². The van der Waals surface area contributed by atoms with Gasteiger partial charge in [-0.2, -0.15) is 0 Å². The van der Waals surface area contributed by atoms with E-state index in [4.69, 9.17) is 9.47 Å². The number of fused-ring (bicyclic) bond motifs is 1. The topological polar surface area (TPSA) is 110 Å². The summed E-state index contributed by atoms with van der Waals surface area (Å²) in [4.78, 5) is 41.9. The highest BCUT2D eigenvalue weighted by Crippen LogP contribution is 2.33. The third kappa shape index (κ3) is 3.73. The molecular formula is C19H18N4O5. The Morgan fingerprint density at radius 3 is 2.93 bits per heavy atom. The Kier molecular flexibility index (Phi) is 4.79. The number of carbonyl (C=O) groups excluding carboxylic acids is 3. The molecule has 9 nitrogen and oxygen atoms in total. The van der Waals surface area contributed by atoms with Crippen molar-refractivity contribution in [2.45, 2.75) is 25.4 Å². The summed E-state index contributed by atoms with van der Waals surface area (Å²) in [7, 11) is 0. The lowest BCUT2D eigenvalue weighted by Crippen LogP contribution is -2.31. The van der Waals surface area contributed by atoms with Crippen LogP contribution in [0.4, 0.5) is 10.5 Å². The molecule has 3 heterocycles. The molecule has 1 fully saturated rings. The van der Waals surface area contributed by atoms with Crippen LogP contribution in [-0.4, -0.2) is 40.6 Å². The third-order valence-corrected chi connectivity index (χ3v) is 4.49. The zero-order valence-corrected chi connectivity index (χ0v) is 14.9. The van der Waals surface area contributed by atoms with Gasteiger partial charge in [-0.3, -0.25) is 19.5 Å². The molecule has 9 heteroatoms. The van der Waals surface area contributed by atoms with E-state index in [1.807, 2.05) is 0 Å². The summed E-state index contributed by atoms with van der Waals surface area (Å²) in [6.07, 6.45) is 3.46. The highest BCUT2D eigenvalue weighted by Gasteiger charge is 2.38. The number of hydrogen-bond donors (Lipinski definition) is 2. The molecule has 2 aliphatic rings. The van der Waals surface area contributed by atoms with Crippen molar-refractivity contribution >= 4 is 23.5 Å². The number of imide groups is 1. The molecule has 2 aliphatic heterocycles. The van der Waals surface area contributed by atoms with E-state index in [-0.39, 0.29) is 38.0 Å². The third-order valence-electron chi connectivity index (χ3n) is 4.49. The second-order valence-corrected chi connectivity index (χ2v) is 6.44. The van der Waals surface area contributed by atoms with Gasteiger partial charge in [-0.1, -0.05) is 6.07 Å². The van der Waals surface area contributed by atoms with Gasteiger partial charge < -0.3 is 20.1 Å². The second kappa shape index (κ2) is 7.55. The van der Waals surface area contributed by atoms with Gasteiger partial charge in [0.2, 0.25) is 12.7 Å². The van der Waals surface area contributed by atoms with Crippen LogP contribution in [0.3, 0.4) is 0 Å². The fourth-order valence-corrected chi connectivity index (χ4v) is 3.08. The van der Waals surface area contributed by atoms with Gasteiger partial charge in [0.1, 0.15) is 6.04 Å². The Bertz CT molecular complexity index is 918. The number of urea groups is 1. The van der Waals surface area contributed by atoms with Crippen molar-refractivity contribution in [2.24, 2.45) is 0 Å². The van der Waals surface area contributed by atoms with Crippen LogP contribution in [0.1, 0.15) is 18.4 Å². The Hall–Kier alpha value is -3.62. The van der Waals surface area contributed by atoms with Gasteiger partial charge in [-0.15, -0.1) is 0 Å². The first-order chi connectivity index (χ1) is 13.6. The normalized spacial score (nSPS) is 17.6. The molecule has 1 aromatic heterocycles. The first-order valence-electron chi connectivity index (χ1n) is 8.80. The van der Waals surface area contributed by atoms with E-state index in [0.717, 1.165) is 10.5 Å². The summed E-state index contributed by atoms with van der Waals surface area (Å²) < 4.78 is 10.6. The number of carbonyl (C=O) groups is 3. The van der Waals surface area contributed by atoms with Crippen molar-refractivity contribution in [1.29, 1.82) is 0 Å². The minimum Gasteiger partial charge on any atom is -0.454 e. The molecule has 0 aliphatic carbocycles. The monoisotopic (exact) mass is 382 g/mol. The van der Waals surface area contributed by atoms with Crippen LogP contribution in [-0.2, 0) is 16.1 Å². The zero-order chi connectivity index (χ0) is 19.5. The minimum atomic E-state index is -0.721. The van der Waals surface area contributed by atoms with E-state index in [9.17, 15) is 14.4 Å². The average molecular weight is 382 g/mol. The number of ether oxygens (including phenoxy) is 2. The highest BCUT2D eigenvalue weighted by atomic mass is 16.7. The van der Waals surface area contributed by atoms with Gasteiger partial charge in [-0.05, 0) is 36.2 Å². The van der Waals surface area contributed by atoms with Gasteiger partial charge in [0.25, 0.3) is 5.91 Å². The van der Waals surface area contributed by atoms with Crippen molar-refractivity contribution in [1.82, 2.24) is 15.2 Å². The zero-order valence-electron chi connectivity index (χ0n) is 14.9. The molecule has 0 unspecified atom stereocenters. The molecule has 0 radical (unpaired) electrons. The maximum Gasteiger partial charge on any atom is 0.325 e. The predicted molar refractivity (Wildman–Crippen MR) is 97.5 cm³/mol. The number of nitrogens with one attached hydrogen (secondary N) is 2. The number of nitrogens with zero attached hydrogens (tertiary/aromatic N) is 2. The largest absolute Gasteiger partial charge is 0.454 e. The van der Waals surface area contributed by atoms with Gasteiger partial charge >= 0.3 is 6.03 Å². The van der Waals surface area contributed by atoms with Crippen LogP contribution in [0.2, 0.25) is 0 Å². The van der Waals surface area contributed by atoms with Crippen molar-refractivity contribution in [3.05, 3.63) is 48.3 Å². The standard InChI is InChI=1S/C19H18N4O5/c24-17(21-13-2-1-7-20-9-13)6-4-14-18(25)23(19(26)22-14)10-12-3-5-15-16(8-12)28-11-27-15/h1-3,5,7-9,14H,4,6,10-11H2,(H,21,24)(H,22,26)/t14-/m0/s1. The van der Waals surface area contributed by atoms with Crippen molar-refractivity contribution in [3.8, 4) is 11.5 Å². The maximum absolute atomic E-state index is 12.6. The Morgan fingerprint density at radius 1 is 1.25 bits per heavy atom. The van der Waals surface area contributed by atoms with E-state index in [1.165, 1.54) is 6.20 Å². The molecule has 4 amide bonds. The molecule has 2 N–H and O–H groups in total. The summed E-state index contributed by atoms with van der Waals surface area (Å²) in [5, 5.41) is 5.34. The molecular weight excluding hydrogens is 364 g/mol. The first kappa shape index (κ1) is 17.8. The Labute approximate surface area is 160 Å². The molecule has 1 saturated heterocycles.